The summed E-state index contributed by atoms with van der Waals surface area (Å²) in [5.74, 6) is 1.82. The van der Waals surface area contributed by atoms with E-state index in [9.17, 15) is 5.11 Å². The van der Waals surface area contributed by atoms with Gasteiger partial charge >= 0.3 is 0 Å². The first kappa shape index (κ1) is 11.4. The van der Waals surface area contributed by atoms with Gasteiger partial charge in [0, 0.05) is 6.61 Å². The highest BCUT2D eigenvalue weighted by Gasteiger charge is 2.39. The summed E-state index contributed by atoms with van der Waals surface area (Å²) in [5, 5.41) is 9.30. The smallest absolute Gasteiger partial charge is 0.0436 e. The zero-order chi connectivity index (χ0) is 10.6. The second-order valence-electron chi connectivity index (χ2n) is 5.48. The zero-order valence-corrected chi connectivity index (χ0v) is 9.93. The van der Waals surface area contributed by atoms with E-state index in [-0.39, 0.29) is 0 Å². The largest absolute Gasteiger partial charge is 0.396 e. The van der Waals surface area contributed by atoms with E-state index in [1.165, 1.54) is 64.2 Å². The second kappa shape index (κ2) is 5.34. The summed E-state index contributed by atoms with van der Waals surface area (Å²) in [4.78, 5) is 0. The first-order valence-electron chi connectivity index (χ1n) is 6.83. The van der Waals surface area contributed by atoms with E-state index in [0.717, 1.165) is 6.42 Å². The maximum absolute atomic E-state index is 9.30. The third-order valence-electron chi connectivity index (χ3n) is 4.61. The Kier molecular flexibility index (Phi) is 4.07. The molecule has 0 aromatic carbocycles. The van der Waals surface area contributed by atoms with Gasteiger partial charge in [-0.15, -0.1) is 0 Å². The summed E-state index contributed by atoms with van der Waals surface area (Å²) in [6.45, 7) is 0.392. The highest BCUT2D eigenvalue weighted by Crippen LogP contribution is 2.51. The van der Waals surface area contributed by atoms with Crippen molar-refractivity contribution in [3.8, 4) is 0 Å². The molecule has 2 aliphatic carbocycles. The molecule has 0 spiro atoms. The van der Waals surface area contributed by atoms with Crippen LogP contribution >= 0.6 is 0 Å². The molecule has 1 nitrogen and oxygen atoms in total. The minimum Gasteiger partial charge on any atom is -0.396 e. The van der Waals surface area contributed by atoms with Crippen molar-refractivity contribution >= 4 is 0 Å². The van der Waals surface area contributed by atoms with E-state index < -0.39 is 0 Å². The van der Waals surface area contributed by atoms with E-state index in [1.807, 2.05) is 5.92 Å². The molecule has 0 aromatic heterocycles. The number of hydrogen-bond donors (Lipinski definition) is 1. The van der Waals surface area contributed by atoms with Crippen LogP contribution in [0.25, 0.3) is 0 Å². The van der Waals surface area contributed by atoms with Gasteiger partial charge in [-0.3, -0.25) is 0 Å². The summed E-state index contributed by atoms with van der Waals surface area (Å²) < 4.78 is 0. The molecule has 15 heavy (non-hydrogen) atoms. The Balaban J connectivity index is 2.01. The minimum absolute atomic E-state index is 0.392. The average Bonchev–Trinajstić information content (AvgIpc) is 2.32. The standard InChI is InChI=1S/C14H25O/c15-12-11-14(9-5-2-6-10-14)13-7-3-1-4-8-13/h15H,1-12H2. The third-order valence-corrected chi connectivity index (χ3v) is 4.61. The van der Waals surface area contributed by atoms with Gasteiger partial charge in [0.25, 0.3) is 0 Å². The summed E-state index contributed by atoms with van der Waals surface area (Å²) in [6, 6.07) is 0. The lowest BCUT2D eigenvalue weighted by molar-refractivity contribution is 0.124. The number of aliphatic hydroxyl groups excluding tert-OH is 1. The number of rotatable bonds is 3. The monoisotopic (exact) mass is 209 g/mol. The lowest BCUT2D eigenvalue weighted by Gasteiger charge is -2.45. The molecule has 0 atom stereocenters. The molecule has 0 unspecified atom stereocenters. The van der Waals surface area contributed by atoms with Crippen LogP contribution < -0.4 is 0 Å². The maximum Gasteiger partial charge on any atom is 0.0436 e. The fourth-order valence-corrected chi connectivity index (χ4v) is 3.73. The highest BCUT2D eigenvalue weighted by molar-refractivity contribution is 5.09. The van der Waals surface area contributed by atoms with Crippen molar-refractivity contribution in [1.82, 2.24) is 0 Å². The molecule has 1 radical (unpaired) electrons. The van der Waals surface area contributed by atoms with Gasteiger partial charge in [0.05, 0.1) is 0 Å². The molecule has 0 aromatic rings. The summed E-state index contributed by atoms with van der Waals surface area (Å²) in [6.07, 6.45) is 14.9. The van der Waals surface area contributed by atoms with Gasteiger partial charge in [0.2, 0.25) is 0 Å². The first-order chi connectivity index (χ1) is 7.37. The van der Waals surface area contributed by atoms with Crippen molar-refractivity contribution in [3.63, 3.8) is 0 Å². The minimum atomic E-state index is 0.392. The van der Waals surface area contributed by atoms with Gasteiger partial charge < -0.3 is 5.11 Å². The Hall–Kier alpha value is -0.0400. The molecule has 0 heterocycles. The van der Waals surface area contributed by atoms with E-state index in [4.69, 9.17) is 0 Å². The van der Waals surface area contributed by atoms with Crippen molar-refractivity contribution in [2.24, 2.45) is 5.41 Å². The van der Waals surface area contributed by atoms with Crippen molar-refractivity contribution < 1.29 is 5.11 Å². The first-order valence-corrected chi connectivity index (χ1v) is 6.83. The van der Waals surface area contributed by atoms with E-state index in [0.29, 0.717) is 12.0 Å². The summed E-state index contributed by atoms with van der Waals surface area (Å²) in [7, 11) is 0. The Morgan fingerprint density at radius 2 is 1.47 bits per heavy atom. The molecule has 1 N–H and O–H groups in total. The predicted molar refractivity (Wildman–Crippen MR) is 63.5 cm³/mol. The fourth-order valence-electron chi connectivity index (χ4n) is 3.73. The molecule has 2 aliphatic rings. The average molecular weight is 209 g/mol. The van der Waals surface area contributed by atoms with E-state index in [2.05, 4.69) is 0 Å². The van der Waals surface area contributed by atoms with Crippen LogP contribution in [0.3, 0.4) is 0 Å². The third kappa shape index (κ3) is 2.55. The topological polar surface area (TPSA) is 20.2 Å². The van der Waals surface area contributed by atoms with Gasteiger partial charge in [-0.2, -0.15) is 0 Å². The molecule has 2 fully saturated rings. The fraction of sp³-hybridized carbons (Fsp3) is 0.929. The molecule has 2 saturated carbocycles. The quantitative estimate of drug-likeness (QED) is 0.748. The zero-order valence-electron chi connectivity index (χ0n) is 9.93. The van der Waals surface area contributed by atoms with Crippen molar-refractivity contribution in [2.75, 3.05) is 6.61 Å². The van der Waals surface area contributed by atoms with Crippen LogP contribution in [0.1, 0.15) is 70.6 Å². The molecule has 0 saturated heterocycles. The predicted octanol–water partition coefficient (Wildman–Crippen LogP) is 3.86. The van der Waals surface area contributed by atoms with Crippen LogP contribution in [0.2, 0.25) is 0 Å². The van der Waals surface area contributed by atoms with Crippen LogP contribution in [-0.4, -0.2) is 11.7 Å². The Labute approximate surface area is 94.3 Å². The molecule has 87 valence electrons. The molecule has 2 rings (SSSR count). The van der Waals surface area contributed by atoms with Crippen LogP contribution in [0.5, 0.6) is 0 Å². The highest BCUT2D eigenvalue weighted by atomic mass is 16.3. The molecule has 0 aliphatic heterocycles. The Morgan fingerprint density at radius 1 is 0.867 bits per heavy atom. The van der Waals surface area contributed by atoms with Crippen LogP contribution in [0, 0.1) is 11.3 Å². The molecular weight excluding hydrogens is 184 g/mol. The molecule has 0 bridgehead atoms. The molecule has 1 heteroatoms. The molecule has 0 amide bonds. The van der Waals surface area contributed by atoms with Crippen LogP contribution in [-0.2, 0) is 0 Å². The van der Waals surface area contributed by atoms with Gasteiger partial charge in [-0.05, 0) is 43.4 Å². The van der Waals surface area contributed by atoms with Gasteiger partial charge in [0.15, 0.2) is 0 Å². The van der Waals surface area contributed by atoms with Crippen molar-refractivity contribution in [1.29, 1.82) is 0 Å². The maximum atomic E-state index is 9.30. The van der Waals surface area contributed by atoms with Crippen LogP contribution in [0.4, 0.5) is 0 Å². The molecular formula is C14H25O. The SMILES string of the molecule is OCCC1([C]2CCCCC2)CCCCC1. The summed E-state index contributed by atoms with van der Waals surface area (Å²) >= 11 is 0. The van der Waals surface area contributed by atoms with Gasteiger partial charge in [-0.25, -0.2) is 0 Å². The van der Waals surface area contributed by atoms with Gasteiger partial charge in [-0.1, -0.05) is 38.5 Å². The second-order valence-corrected chi connectivity index (χ2v) is 5.48. The number of aliphatic hydroxyl groups is 1. The normalized spacial score (nSPS) is 27.8. The van der Waals surface area contributed by atoms with Gasteiger partial charge in [0.1, 0.15) is 0 Å². The lowest BCUT2D eigenvalue weighted by Crippen LogP contribution is -2.33. The number of hydrogen-bond acceptors (Lipinski definition) is 1. The van der Waals surface area contributed by atoms with Crippen molar-refractivity contribution in [2.45, 2.75) is 70.6 Å². The Bertz CT molecular complexity index is 170. The van der Waals surface area contributed by atoms with Crippen molar-refractivity contribution in [3.05, 3.63) is 5.92 Å². The van der Waals surface area contributed by atoms with Crippen LogP contribution in [0.15, 0.2) is 0 Å². The van der Waals surface area contributed by atoms with E-state index in [1.54, 1.807) is 0 Å². The Morgan fingerprint density at radius 3 is 2.07 bits per heavy atom. The lowest BCUT2D eigenvalue weighted by atomic mass is 9.60. The summed E-state index contributed by atoms with van der Waals surface area (Å²) in [5.41, 5.74) is 0.466. The van der Waals surface area contributed by atoms with E-state index >= 15 is 0 Å².